The molecule has 0 aliphatic carbocycles. The van der Waals surface area contributed by atoms with Gasteiger partial charge < -0.3 is 9.72 Å². The van der Waals surface area contributed by atoms with Crippen LogP contribution in [0.25, 0.3) is 17.0 Å². The largest absolute Gasteiger partial charge is 0.446 e. The zero-order valence-corrected chi connectivity index (χ0v) is 17.9. The molecule has 2 aromatic carbocycles. The molecule has 2 aromatic heterocycles. The van der Waals surface area contributed by atoms with E-state index in [2.05, 4.69) is 31.0 Å². The highest BCUT2D eigenvalue weighted by Gasteiger charge is 2.35. The highest BCUT2D eigenvalue weighted by molar-refractivity contribution is 9.10. The summed E-state index contributed by atoms with van der Waals surface area (Å²) in [5.41, 5.74) is 3.47. The number of rotatable bonds is 4. The number of ether oxygens (including phenoxy) is 1. The maximum atomic E-state index is 13.1. The maximum absolute atomic E-state index is 13.1. The molecular formula is C24H17BrN4O2. The number of amides is 1. The van der Waals surface area contributed by atoms with Crippen LogP contribution in [-0.2, 0) is 9.53 Å². The Morgan fingerprint density at radius 2 is 1.94 bits per heavy atom. The van der Waals surface area contributed by atoms with Crippen molar-refractivity contribution in [3.8, 4) is 0 Å². The van der Waals surface area contributed by atoms with Crippen molar-refractivity contribution >= 4 is 44.7 Å². The van der Waals surface area contributed by atoms with E-state index < -0.39 is 6.23 Å². The van der Waals surface area contributed by atoms with Gasteiger partial charge >= 0.3 is 0 Å². The van der Waals surface area contributed by atoms with Crippen LogP contribution in [0.15, 0.2) is 94.9 Å². The van der Waals surface area contributed by atoms with Crippen molar-refractivity contribution in [2.75, 3.05) is 0 Å². The number of para-hydroxylation sites is 1. The number of hydrogen-bond donors (Lipinski definition) is 1. The van der Waals surface area contributed by atoms with E-state index in [0.29, 0.717) is 5.90 Å². The summed E-state index contributed by atoms with van der Waals surface area (Å²) in [6.07, 6.45) is 7.78. The Labute approximate surface area is 187 Å². The molecule has 31 heavy (non-hydrogen) atoms. The van der Waals surface area contributed by atoms with Crippen molar-refractivity contribution in [1.29, 1.82) is 0 Å². The van der Waals surface area contributed by atoms with Crippen molar-refractivity contribution in [3.63, 3.8) is 0 Å². The first-order chi connectivity index (χ1) is 15.2. The Morgan fingerprint density at radius 3 is 2.77 bits per heavy atom. The molecule has 0 spiro atoms. The summed E-state index contributed by atoms with van der Waals surface area (Å²) in [4.78, 5) is 20.4. The molecule has 0 saturated heterocycles. The molecule has 0 radical (unpaired) electrons. The van der Waals surface area contributed by atoms with Gasteiger partial charge in [-0.3, -0.25) is 9.78 Å². The molecule has 6 nitrogen and oxygen atoms in total. The van der Waals surface area contributed by atoms with Crippen LogP contribution < -0.4 is 0 Å². The Morgan fingerprint density at radius 1 is 1.10 bits per heavy atom. The summed E-state index contributed by atoms with van der Waals surface area (Å²) in [5.74, 6) is 0.0983. The van der Waals surface area contributed by atoms with E-state index in [1.54, 1.807) is 30.6 Å². The lowest BCUT2D eigenvalue weighted by molar-refractivity contribution is -0.132. The fourth-order valence-electron chi connectivity index (χ4n) is 3.46. The van der Waals surface area contributed by atoms with Gasteiger partial charge in [0.1, 0.15) is 0 Å². The van der Waals surface area contributed by atoms with Gasteiger partial charge in [-0.05, 0) is 42.0 Å². The number of nitrogens with one attached hydrogen (secondary N) is 1. The summed E-state index contributed by atoms with van der Waals surface area (Å²) in [6, 6.07) is 19.2. The number of nitrogens with zero attached hydrogens (tertiary/aromatic N) is 3. The third-order valence-corrected chi connectivity index (χ3v) is 5.44. The molecule has 1 aliphatic heterocycles. The van der Waals surface area contributed by atoms with Crippen LogP contribution in [0.5, 0.6) is 0 Å². The van der Waals surface area contributed by atoms with E-state index in [9.17, 15) is 4.79 Å². The predicted molar refractivity (Wildman–Crippen MR) is 123 cm³/mol. The van der Waals surface area contributed by atoms with Gasteiger partial charge in [0.2, 0.25) is 12.1 Å². The first-order valence-corrected chi connectivity index (χ1v) is 10.5. The first-order valence-electron chi connectivity index (χ1n) is 9.67. The summed E-state index contributed by atoms with van der Waals surface area (Å²) >= 11 is 3.45. The predicted octanol–water partition coefficient (Wildman–Crippen LogP) is 5.26. The number of hydrazone groups is 1. The zero-order chi connectivity index (χ0) is 21.2. The molecule has 0 bridgehead atoms. The van der Waals surface area contributed by atoms with Gasteiger partial charge in [-0.2, -0.15) is 5.01 Å². The second-order valence-corrected chi connectivity index (χ2v) is 7.89. The number of aromatic nitrogens is 2. The van der Waals surface area contributed by atoms with E-state index in [1.807, 2.05) is 54.7 Å². The van der Waals surface area contributed by atoms with Crippen LogP contribution in [0.1, 0.15) is 22.9 Å². The van der Waals surface area contributed by atoms with Gasteiger partial charge in [0, 0.05) is 51.2 Å². The lowest BCUT2D eigenvalue weighted by Crippen LogP contribution is -2.26. The minimum absolute atomic E-state index is 0.278. The van der Waals surface area contributed by atoms with Gasteiger partial charge in [0.15, 0.2) is 0 Å². The number of carbonyl (C=O) groups is 1. The monoisotopic (exact) mass is 472 g/mol. The van der Waals surface area contributed by atoms with E-state index in [4.69, 9.17) is 4.74 Å². The number of aromatic amines is 1. The highest BCUT2D eigenvalue weighted by Crippen LogP contribution is 2.34. The molecule has 4 aromatic rings. The highest BCUT2D eigenvalue weighted by atomic mass is 79.9. The summed E-state index contributed by atoms with van der Waals surface area (Å²) in [7, 11) is 0. The molecular weight excluding hydrogens is 456 g/mol. The Bertz CT molecular complexity index is 1310. The fourth-order valence-corrected chi connectivity index (χ4v) is 3.88. The second-order valence-electron chi connectivity index (χ2n) is 6.97. The smallest absolute Gasteiger partial charge is 0.270 e. The van der Waals surface area contributed by atoms with Gasteiger partial charge in [0.05, 0.1) is 0 Å². The SMILES string of the molecule is O=C(/C=C\c1cccc(Br)c1)N1N=C(c2ccncc2)OC1c1c[nH]c2ccccc12. The summed E-state index contributed by atoms with van der Waals surface area (Å²) in [6.45, 7) is 0. The topological polar surface area (TPSA) is 70.6 Å². The molecule has 1 N–H and O–H groups in total. The van der Waals surface area contributed by atoms with Gasteiger partial charge in [-0.1, -0.05) is 46.3 Å². The van der Waals surface area contributed by atoms with E-state index >= 15 is 0 Å². The standard InChI is InChI=1S/C24H17BrN4O2/c25-18-5-3-4-16(14-18)8-9-22(30)29-24(20-15-27-21-7-2-1-6-19(20)21)31-23(28-29)17-10-12-26-13-11-17/h1-15,24,27H/b9-8-. The van der Waals surface area contributed by atoms with Gasteiger partial charge in [-0.25, -0.2) is 0 Å². The van der Waals surface area contributed by atoms with Crippen molar-refractivity contribution in [3.05, 3.63) is 106 Å². The Kier molecular flexibility index (Phi) is 5.09. The molecule has 0 saturated carbocycles. The van der Waals surface area contributed by atoms with Crippen molar-refractivity contribution < 1.29 is 9.53 Å². The van der Waals surface area contributed by atoms with Crippen LogP contribution in [0.3, 0.4) is 0 Å². The quantitative estimate of drug-likeness (QED) is 0.411. The average Bonchev–Trinajstić information content (AvgIpc) is 3.42. The molecule has 1 aliphatic rings. The normalized spacial score (nSPS) is 16.0. The number of fused-ring (bicyclic) bond motifs is 1. The van der Waals surface area contributed by atoms with Crippen LogP contribution >= 0.6 is 15.9 Å². The number of benzene rings is 2. The number of pyridine rings is 1. The zero-order valence-electron chi connectivity index (χ0n) is 16.3. The van der Waals surface area contributed by atoms with E-state index in [-0.39, 0.29) is 5.91 Å². The summed E-state index contributed by atoms with van der Waals surface area (Å²) < 4.78 is 7.12. The van der Waals surface area contributed by atoms with Crippen LogP contribution in [0, 0.1) is 0 Å². The Hall–Kier alpha value is -3.71. The van der Waals surface area contributed by atoms with Crippen LogP contribution in [0.2, 0.25) is 0 Å². The van der Waals surface area contributed by atoms with E-state index in [0.717, 1.165) is 32.1 Å². The lowest BCUT2D eigenvalue weighted by Gasteiger charge is -2.18. The van der Waals surface area contributed by atoms with Crippen LogP contribution in [0.4, 0.5) is 0 Å². The molecule has 3 heterocycles. The molecule has 1 amide bonds. The van der Waals surface area contributed by atoms with Crippen molar-refractivity contribution in [1.82, 2.24) is 15.0 Å². The molecule has 1 atom stereocenters. The lowest BCUT2D eigenvalue weighted by atomic mass is 10.1. The molecule has 5 rings (SSSR count). The molecule has 7 heteroatoms. The minimum Gasteiger partial charge on any atom is -0.446 e. The summed E-state index contributed by atoms with van der Waals surface area (Å²) in [5, 5.41) is 6.86. The third kappa shape index (κ3) is 3.87. The molecule has 0 fully saturated rings. The molecule has 152 valence electrons. The number of halogens is 1. The third-order valence-electron chi connectivity index (χ3n) is 4.95. The van der Waals surface area contributed by atoms with E-state index in [1.165, 1.54) is 11.1 Å². The maximum Gasteiger partial charge on any atom is 0.270 e. The first kappa shape index (κ1) is 19.3. The number of H-pyrrole nitrogens is 1. The molecule has 1 unspecified atom stereocenters. The van der Waals surface area contributed by atoms with Crippen LogP contribution in [-0.4, -0.2) is 26.8 Å². The van der Waals surface area contributed by atoms with Gasteiger partial charge in [0.25, 0.3) is 5.91 Å². The van der Waals surface area contributed by atoms with Crippen molar-refractivity contribution in [2.45, 2.75) is 6.23 Å². The average molecular weight is 473 g/mol. The van der Waals surface area contributed by atoms with Crippen molar-refractivity contribution in [2.24, 2.45) is 5.10 Å². The number of carbonyl (C=O) groups excluding carboxylic acids is 1. The number of hydrogen-bond acceptors (Lipinski definition) is 4. The minimum atomic E-state index is -0.682. The Balaban J connectivity index is 1.51. The second kappa shape index (κ2) is 8.20. The van der Waals surface area contributed by atoms with Gasteiger partial charge in [-0.15, -0.1) is 5.10 Å². The fraction of sp³-hybridized carbons (Fsp3) is 0.0417.